The van der Waals surface area contributed by atoms with Crippen molar-refractivity contribution in [1.29, 1.82) is 0 Å². The Morgan fingerprint density at radius 2 is 1.95 bits per heavy atom. The maximum atomic E-state index is 11.9. The molecule has 19 heavy (non-hydrogen) atoms. The molecule has 1 aromatic carbocycles. The predicted octanol–water partition coefficient (Wildman–Crippen LogP) is 4.13. The van der Waals surface area contributed by atoms with Crippen LogP contribution in [0.5, 0.6) is 0 Å². The fraction of sp³-hybridized carbons (Fsp3) is 0.200. The molecule has 0 saturated heterocycles. The maximum absolute atomic E-state index is 11.9. The molecule has 1 heterocycles. The summed E-state index contributed by atoms with van der Waals surface area (Å²) in [6.07, 6.45) is 5.12. The minimum Gasteiger partial charge on any atom is -0.299 e. The highest BCUT2D eigenvalue weighted by Crippen LogP contribution is 2.23. The monoisotopic (exact) mass is 293 g/mol. The van der Waals surface area contributed by atoms with E-state index in [9.17, 15) is 4.79 Å². The second-order valence-corrected chi connectivity index (χ2v) is 5.14. The molecule has 0 unspecified atom stereocenters. The molecular formula is C15H13Cl2NO. The number of carbonyl (C=O) groups is 1. The molecule has 2 rings (SSSR count). The topological polar surface area (TPSA) is 30.0 Å². The van der Waals surface area contributed by atoms with Crippen molar-refractivity contribution >= 4 is 29.0 Å². The van der Waals surface area contributed by atoms with Crippen molar-refractivity contribution in [2.75, 3.05) is 0 Å². The van der Waals surface area contributed by atoms with Gasteiger partial charge in [-0.2, -0.15) is 0 Å². The first kappa shape index (κ1) is 14.0. The number of nitrogens with zero attached hydrogens (tertiary/aromatic N) is 1. The van der Waals surface area contributed by atoms with Crippen LogP contribution in [-0.4, -0.2) is 10.8 Å². The minimum absolute atomic E-state index is 0.183. The molecule has 4 heteroatoms. The summed E-state index contributed by atoms with van der Waals surface area (Å²) in [6, 6.07) is 9.13. The van der Waals surface area contributed by atoms with Gasteiger partial charge in [0.1, 0.15) is 5.78 Å². The maximum Gasteiger partial charge on any atom is 0.137 e. The molecular weight excluding hydrogens is 281 g/mol. The largest absolute Gasteiger partial charge is 0.299 e. The zero-order chi connectivity index (χ0) is 13.7. The summed E-state index contributed by atoms with van der Waals surface area (Å²) >= 11 is 11.8. The van der Waals surface area contributed by atoms with Crippen LogP contribution in [0.3, 0.4) is 0 Å². The normalized spacial score (nSPS) is 10.4. The van der Waals surface area contributed by atoms with E-state index in [2.05, 4.69) is 4.98 Å². The van der Waals surface area contributed by atoms with Gasteiger partial charge in [-0.15, -0.1) is 0 Å². The number of ketones is 1. The number of halogens is 2. The van der Waals surface area contributed by atoms with E-state index in [1.54, 1.807) is 24.5 Å². The number of hydrogen-bond donors (Lipinski definition) is 0. The van der Waals surface area contributed by atoms with E-state index in [-0.39, 0.29) is 5.78 Å². The van der Waals surface area contributed by atoms with Crippen LogP contribution in [0, 0.1) is 0 Å². The molecule has 2 aromatic rings. The summed E-state index contributed by atoms with van der Waals surface area (Å²) < 4.78 is 0. The molecule has 0 atom stereocenters. The molecule has 0 aliphatic carbocycles. The second kappa shape index (κ2) is 6.69. The van der Waals surface area contributed by atoms with Crippen molar-refractivity contribution in [2.45, 2.75) is 19.3 Å². The number of rotatable bonds is 5. The fourth-order valence-corrected chi connectivity index (χ4v) is 2.12. The quantitative estimate of drug-likeness (QED) is 0.829. The third-order valence-corrected chi connectivity index (χ3v) is 3.54. The number of carbonyl (C=O) groups excluding carboxylic acids is 1. The summed E-state index contributed by atoms with van der Waals surface area (Å²) in [5.41, 5.74) is 1.97. The molecule has 0 bridgehead atoms. The summed E-state index contributed by atoms with van der Waals surface area (Å²) in [6.45, 7) is 0. The van der Waals surface area contributed by atoms with Crippen molar-refractivity contribution in [1.82, 2.24) is 4.98 Å². The standard InChI is InChI=1S/C15H13Cl2NO/c16-14-6-4-12(9-15(14)17)8-13(19)5-3-11-2-1-7-18-10-11/h1-2,4,6-7,9-10H,3,5,8H2. The fourth-order valence-electron chi connectivity index (χ4n) is 1.80. The Morgan fingerprint density at radius 3 is 2.63 bits per heavy atom. The molecule has 0 spiro atoms. The smallest absolute Gasteiger partial charge is 0.137 e. The molecule has 2 nitrogen and oxygen atoms in total. The Hall–Kier alpha value is -1.38. The zero-order valence-corrected chi connectivity index (χ0v) is 11.8. The van der Waals surface area contributed by atoms with Crippen LogP contribution in [0.2, 0.25) is 10.0 Å². The van der Waals surface area contributed by atoms with Gasteiger partial charge in [-0.3, -0.25) is 9.78 Å². The lowest BCUT2D eigenvalue weighted by Crippen LogP contribution is -2.04. The summed E-state index contributed by atoms with van der Waals surface area (Å²) in [4.78, 5) is 15.9. The van der Waals surface area contributed by atoms with Gasteiger partial charge in [-0.25, -0.2) is 0 Å². The van der Waals surface area contributed by atoms with Gasteiger partial charge in [0.2, 0.25) is 0 Å². The highest BCUT2D eigenvalue weighted by atomic mass is 35.5. The Bertz CT molecular complexity index is 570. The minimum atomic E-state index is 0.183. The van der Waals surface area contributed by atoms with E-state index < -0.39 is 0 Å². The third-order valence-electron chi connectivity index (χ3n) is 2.80. The number of aromatic nitrogens is 1. The van der Waals surface area contributed by atoms with Gasteiger partial charge in [0.05, 0.1) is 10.0 Å². The number of aryl methyl sites for hydroxylation is 1. The van der Waals surface area contributed by atoms with E-state index in [1.165, 1.54) is 0 Å². The molecule has 0 fully saturated rings. The average molecular weight is 294 g/mol. The van der Waals surface area contributed by atoms with Crippen molar-refractivity contribution in [3.05, 3.63) is 63.9 Å². The molecule has 0 radical (unpaired) electrons. The number of hydrogen-bond acceptors (Lipinski definition) is 2. The van der Waals surface area contributed by atoms with Crippen LogP contribution in [0.1, 0.15) is 17.5 Å². The van der Waals surface area contributed by atoms with Crippen LogP contribution in [0.25, 0.3) is 0 Å². The zero-order valence-electron chi connectivity index (χ0n) is 10.3. The van der Waals surface area contributed by atoms with Crippen molar-refractivity contribution in [3.8, 4) is 0 Å². The van der Waals surface area contributed by atoms with Gasteiger partial charge in [0, 0.05) is 25.2 Å². The molecule has 0 amide bonds. The summed E-state index contributed by atoms with van der Waals surface area (Å²) in [5, 5.41) is 0.993. The van der Waals surface area contributed by atoms with E-state index in [4.69, 9.17) is 23.2 Å². The highest BCUT2D eigenvalue weighted by molar-refractivity contribution is 6.42. The lowest BCUT2D eigenvalue weighted by molar-refractivity contribution is -0.118. The summed E-state index contributed by atoms with van der Waals surface area (Å²) in [5.74, 6) is 0.183. The molecule has 1 aromatic heterocycles. The van der Waals surface area contributed by atoms with Gasteiger partial charge < -0.3 is 0 Å². The van der Waals surface area contributed by atoms with Crippen LogP contribution >= 0.6 is 23.2 Å². The number of pyridine rings is 1. The lowest BCUT2D eigenvalue weighted by atomic mass is 10.0. The number of benzene rings is 1. The first-order valence-corrected chi connectivity index (χ1v) is 6.75. The third kappa shape index (κ3) is 4.34. The van der Waals surface area contributed by atoms with Crippen LogP contribution in [0.15, 0.2) is 42.7 Å². The Kier molecular flexibility index (Phi) is 4.94. The van der Waals surface area contributed by atoms with Crippen molar-refractivity contribution in [2.24, 2.45) is 0 Å². The van der Waals surface area contributed by atoms with Crippen molar-refractivity contribution < 1.29 is 4.79 Å². The predicted molar refractivity (Wildman–Crippen MR) is 77.7 cm³/mol. The molecule has 0 aliphatic heterocycles. The lowest BCUT2D eigenvalue weighted by Gasteiger charge is -2.03. The van der Waals surface area contributed by atoms with Crippen LogP contribution in [0.4, 0.5) is 0 Å². The molecule has 0 saturated carbocycles. The van der Waals surface area contributed by atoms with Gasteiger partial charge in [0.15, 0.2) is 0 Å². The highest BCUT2D eigenvalue weighted by Gasteiger charge is 2.06. The number of Topliss-reactive ketones (excluding diaryl/α,β-unsaturated/α-hetero) is 1. The van der Waals surface area contributed by atoms with Crippen LogP contribution in [-0.2, 0) is 17.6 Å². The van der Waals surface area contributed by atoms with Gasteiger partial charge in [-0.1, -0.05) is 35.3 Å². The first-order chi connectivity index (χ1) is 9.15. The Labute approximate surface area is 122 Å². The van der Waals surface area contributed by atoms with Crippen molar-refractivity contribution in [3.63, 3.8) is 0 Å². The van der Waals surface area contributed by atoms with E-state index in [0.29, 0.717) is 29.3 Å². The average Bonchev–Trinajstić information content (AvgIpc) is 2.42. The van der Waals surface area contributed by atoms with Crippen LogP contribution < -0.4 is 0 Å². The Balaban J connectivity index is 1.89. The van der Waals surface area contributed by atoms with Gasteiger partial charge >= 0.3 is 0 Å². The van der Waals surface area contributed by atoms with Gasteiger partial charge in [-0.05, 0) is 35.7 Å². The van der Waals surface area contributed by atoms with E-state index in [1.807, 2.05) is 18.2 Å². The van der Waals surface area contributed by atoms with E-state index >= 15 is 0 Å². The van der Waals surface area contributed by atoms with Gasteiger partial charge in [0.25, 0.3) is 0 Å². The first-order valence-electron chi connectivity index (χ1n) is 5.99. The molecule has 0 N–H and O–H groups in total. The molecule has 98 valence electrons. The molecule has 0 aliphatic rings. The summed E-state index contributed by atoms with van der Waals surface area (Å²) in [7, 11) is 0. The Morgan fingerprint density at radius 1 is 1.11 bits per heavy atom. The van der Waals surface area contributed by atoms with E-state index in [0.717, 1.165) is 11.1 Å². The second-order valence-electron chi connectivity index (χ2n) is 4.33. The SMILES string of the molecule is O=C(CCc1cccnc1)Cc1ccc(Cl)c(Cl)c1.